The first-order valence-corrected chi connectivity index (χ1v) is 7.90. The minimum atomic E-state index is 0.222. The van der Waals surface area contributed by atoms with Crippen LogP contribution in [0.2, 0.25) is 0 Å². The Morgan fingerprint density at radius 1 is 1.19 bits per heavy atom. The lowest BCUT2D eigenvalue weighted by molar-refractivity contribution is -0.132. The van der Waals surface area contributed by atoms with Crippen molar-refractivity contribution in [2.45, 2.75) is 45.6 Å². The second-order valence-corrected chi connectivity index (χ2v) is 6.14. The number of hydrogen-bond donors (Lipinski definition) is 0. The molecule has 4 nitrogen and oxygen atoms in total. The Labute approximate surface area is 125 Å². The van der Waals surface area contributed by atoms with Crippen LogP contribution < -0.4 is 0 Å². The van der Waals surface area contributed by atoms with E-state index in [9.17, 15) is 4.79 Å². The molecule has 0 bridgehead atoms. The number of rotatable bonds is 3. The van der Waals surface area contributed by atoms with Gasteiger partial charge >= 0.3 is 0 Å². The summed E-state index contributed by atoms with van der Waals surface area (Å²) < 4.78 is 2.09. The van der Waals surface area contributed by atoms with Gasteiger partial charge in [-0.05, 0) is 31.4 Å². The van der Waals surface area contributed by atoms with Crippen molar-refractivity contribution >= 4 is 16.9 Å². The van der Waals surface area contributed by atoms with Crippen LogP contribution in [-0.2, 0) is 11.3 Å². The maximum Gasteiger partial charge on any atom is 0.242 e. The summed E-state index contributed by atoms with van der Waals surface area (Å²) in [7, 11) is 0. The Bertz CT molecular complexity index is 639. The summed E-state index contributed by atoms with van der Waals surface area (Å²) in [5, 5.41) is 0. The van der Waals surface area contributed by atoms with Gasteiger partial charge in [-0.1, -0.05) is 26.0 Å². The van der Waals surface area contributed by atoms with Crippen LogP contribution in [0.25, 0.3) is 11.0 Å². The van der Waals surface area contributed by atoms with Crippen LogP contribution in [0.3, 0.4) is 0 Å². The maximum atomic E-state index is 12.6. The fourth-order valence-electron chi connectivity index (χ4n) is 3.08. The van der Waals surface area contributed by atoms with Crippen LogP contribution in [0.4, 0.5) is 0 Å². The molecule has 0 spiro atoms. The number of amides is 1. The molecule has 0 unspecified atom stereocenters. The highest BCUT2D eigenvalue weighted by Crippen LogP contribution is 2.22. The maximum absolute atomic E-state index is 12.6. The van der Waals surface area contributed by atoms with Crippen LogP contribution >= 0.6 is 0 Å². The Hall–Kier alpha value is -1.84. The minimum Gasteiger partial charge on any atom is -0.341 e. The molecule has 1 aromatic heterocycles. The van der Waals surface area contributed by atoms with E-state index in [2.05, 4.69) is 24.5 Å². The first kappa shape index (κ1) is 14.1. The van der Waals surface area contributed by atoms with Gasteiger partial charge in [-0.25, -0.2) is 4.98 Å². The Morgan fingerprint density at radius 3 is 2.62 bits per heavy atom. The third-order valence-electron chi connectivity index (χ3n) is 4.20. The minimum absolute atomic E-state index is 0.222. The molecular formula is C17H23N3O. The molecule has 4 heteroatoms. The summed E-state index contributed by atoms with van der Waals surface area (Å²) >= 11 is 0. The summed E-state index contributed by atoms with van der Waals surface area (Å²) in [5.41, 5.74) is 2.04. The number of likely N-dealkylation sites (tertiary alicyclic amines) is 1. The number of para-hydroxylation sites is 2. The van der Waals surface area contributed by atoms with Gasteiger partial charge in [-0.2, -0.15) is 0 Å². The highest BCUT2D eigenvalue weighted by atomic mass is 16.2. The van der Waals surface area contributed by atoms with Crippen molar-refractivity contribution in [2.24, 2.45) is 0 Å². The summed E-state index contributed by atoms with van der Waals surface area (Å²) in [4.78, 5) is 19.3. The van der Waals surface area contributed by atoms with Gasteiger partial charge in [-0.15, -0.1) is 0 Å². The molecular weight excluding hydrogens is 262 g/mol. The largest absolute Gasteiger partial charge is 0.341 e. The van der Waals surface area contributed by atoms with E-state index in [1.807, 2.05) is 23.1 Å². The number of carbonyl (C=O) groups excluding carboxylic acids is 1. The quantitative estimate of drug-likeness (QED) is 0.868. The van der Waals surface area contributed by atoms with Crippen molar-refractivity contribution in [3.63, 3.8) is 0 Å². The standard InChI is InChI=1S/C17H23N3O/c1-13(2)17-18-14-8-4-5-9-15(14)20(17)12-16(21)19-10-6-3-7-11-19/h4-5,8-9,13H,3,6-7,10-12H2,1-2H3. The molecule has 0 saturated carbocycles. The lowest BCUT2D eigenvalue weighted by Gasteiger charge is -2.27. The monoisotopic (exact) mass is 285 g/mol. The molecule has 1 aromatic carbocycles. The first-order valence-electron chi connectivity index (χ1n) is 7.90. The van der Waals surface area contributed by atoms with Gasteiger partial charge in [0.15, 0.2) is 0 Å². The van der Waals surface area contributed by atoms with Crippen molar-refractivity contribution in [2.75, 3.05) is 13.1 Å². The summed E-state index contributed by atoms with van der Waals surface area (Å²) in [6.45, 7) is 6.48. The third kappa shape index (κ3) is 2.80. The molecule has 2 heterocycles. The lowest BCUT2D eigenvalue weighted by atomic mass is 10.1. The van der Waals surface area contributed by atoms with Crippen LogP contribution in [0.5, 0.6) is 0 Å². The SMILES string of the molecule is CC(C)c1nc2ccccc2n1CC(=O)N1CCCCC1. The molecule has 1 amide bonds. The summed E-state index contributed by atoms with van der Waals surface area (Å²) in [6, 6.07) is 8.08. The van der Waals surface area contributed by atoms with E-state index in [1.165, 1.54) is 6.42 Å². The molecule has 0 radical (unpaired) electrons. The lowest BCUT2D eigenvalue weighted by Crippen LogP contribution is -2.38. The zero-order valence-corrected chi connectivity index (χ0v) is 12.9. The van der Waals surface area contributed by atoms with Crippen molar-refractivity contribution in [1.29, 1.82) is 0 Å². The number of nitrogens with zero attached hydrogens (tertiary/aromatic N) is 3. The Morgan fingerprint density at radius 2 is 1.90 bits per heavy atom. The number of fused-ring (bicyclic) bond motifs is 1. The van der Waals surface area contributed by atoms with E-state index >= 15 is 0 Å². The van der Waals surface area contributed by atoms with Crippen molar-refractivity contribution < 1.29 is 4.79 Å². The zero-order chi connectivity index (χ0) is 14.8. The molecule has 0 aliphatic carbocycles. The van der Waals surface area contributed by atoms with Crippen LogP contribution in [0.15, 0.2) is 24.3 Å². The predicted octanol–water partition coefficient (Wildman–Crippen LogP) is 3.17. The Kier molecular flexibility index (Phi) is 3.95. The number of piperidine rings is 1. The normalized spacial score (nSPS) is 15.9. The van der Waals surface area contributed by atoms with Crippen LogP contribution in [-0.4, -0.2) is 33.4 Å². The van der Waals surface area contributed by atoms with Gasteiger partial charge < -0.3 is 9.47 Å². The number of imidazole rings is 1. The molecule has 0 N–H and O–H groups in total. The molecule has 0 atom stereocenters. The van der Waals surface area contributed by atoms with Crippen molar-refractivity contribution in [3.05, 3.63) is 30.1 Å². The van der Waals surface area contributed by atoms with Gasteiger partial charge in [0.1, 0.15) is 12.4 Å². The van der Waals surface area contributed by atoms with Crippen LogP contribution in [0, 0.1) is 0 Å². The average Bonchev–Trinajstić information content (AvgIpc) is 2.87. The van der Waals surface area contributed by atoms with Gasteiger partial charge in [-0.3, -0.25) is 4.79 Å². The first-order chi connectivity index (χ1) is 10.2. The summed E-state index contributed by atoms with van der Waals surface area (Å²) in [5.74, 6) is 1.54. The number of aromatic nitrogens is 2. The number of hydrogen-bond acceptors (Lipinski definition) is 2. The summed E-state index contributed by atoms with van der Waals surface area (Å²) in [6.07, 6.45) is 3.51. The predicted molar refractivity (Wildman–Crippen MR) is 84.3 cm³/mol. The number of carbonyl (C=O) groups is 1. The van der Waals surface area contributed by atoms with E-state index < -0.39 is 0 Å². The van der Waals surface area contributed by atoms with Gasteiger partial charge in [0.25, 0.3) is 0 Å². The molecule has 112 valence electrons. The fourth-order valence-corrected chi connectivity index (χ4v) is 3.08. The topological polar surface area (TPSA) is 38.1 Å². The van der Waals surface area contributed by atoms with Gasteiger partial charge in [0.05, 0.1) is 11.0 Å². The second-order valence-electron chi connectivity index (χ2n) is 6.14. The van der Waals surface area contributed by atoms with Crippen LogP contribution in [0.1, 0.15) is 44.9 Å². The van der Waals surface area contributed by atoms with E-state index in [-0.39, 0.29) is 5.91 Å². The zero-order valence-electron chi connectivity index (χ0n) is 12.9. The second kappa shape index (κ2) is 5.88. The molecule has 2 aromatic rings. The van der Waals surface area contributed by atoms with E-state index in [0.717, 1.165) is 42.8 Å². The smallest absolute Gasteiger partial charge is 0.242 e. The number of benzene rings is 1. The van der Waals surface area contributed by atoms with E-state index in [4.69, 9.17) is 4.98 Å². The molecule has 1 aliphatic rings. The molecule has 3 rings (SSSR count). The molecule has 21 heavy (non-hydrogen) atoms. The Balaban J connectivity index is 1.91. The average molecular weight is 285 g/mol. The molecule has 1 saturated heterocycles. The highest BCUT2D eigenvalue weighted by Gasteiger charge is 2.20. The van der Waals surface area contributed by atoms with Crippen molar-refractivity contribution in [1.82, 2.24) is 14.5 Å². The van der Waals surface area contributed by atoms with Gasteiger partial charge in [0, 0.05) is 19.0 Å². The molecule has 1 aliphatic heterocycles. The molecule has 1 fully saturated rings. The fraction of sp³-hybridized carbons (Fsp3) is 0.529. The third-order valence-corrected chi connectivity index (χ3v) is 4.20. The van der Waals surface area contributed by atoms with E-state index in [1.54, 1.807) is 0 Å². The van der Waals surface area contributed by atoms with Gasteiger partial charge in [0.2, 0.25) is 5.91 Å². The van der Waals surface area contributed by atoms with E-state index in [0.29, 0.717) is 12.5 Å². The highest BCUT2D eigenvalue weighted by molar-refractivity contribution is 5.81. The van der Waals surface area contributed by atoms with Crippen molar-refractivity contribution in [3.8, 4) is 0 Å².